The summed E-state index contributed by atoms with van der Waals surface area (Å²) < 4.78 is 0. The van der Waals surface area contributed by atoms with Gasteiger partial charge in [-0.05, 0) is 65.1 Å². The minimum atomic E-state index is 0.0890. The van der Waals surface area contributed by atoms with Crippen molar-refractivity contribution >= 4 is 5.78 Å². The maximum Gasteiger partial charge on any atom is 0.162 e. The van der Waals surface area contributed by atoms with Gasteiger partial charge in [-0.15, -0.1) is 0 Å². The molecule has 32 heavy (non-hydrogen) atoms. The standard InChI is InChI=1S/C30H34O2/c1-23(2)30(32)22-25-11-15-27(16-12-25)29-19-17-28(18-20-29)26-13-9-24(10-14-26)8-6-4-3-5-7-21-31/h9-20,31H,1,3-8,21-22H2,2H3. The SMILES string of the molecule is C=C(C)C(=O)Cc1ccc(-c2ccc(-c3ccc(CCCCCCCO)cc3)cc2)cc1. The normalized spacial score (nSPS) is 10.8. The monoisotopic (exact) mass is 426 g/mol. The Hall–Kier alpha value is -2.97. The lowest BCUT2D eigenvalue weighted by Crippen LogP contribution is -2.02. The molecule has 0 aromatic heterocycles. The second-order valence-electron chi connectivity index (χ2n) is 8.59. The van der Waals surface area contributed by atoms with Crippen LogP contribution in [0.5, 0.6) is 0 Å². The van der Waals surface area contributed by atoms with Gasteiger partial charge in [0.05, 0.1) is 0 Å². The van der Waals surface area contributed by atoms with Gasteiger partial charge in [0.15, 0.2) is 5.78 Å². The second kappa shape index (κ2) is 12.2. The molecular formula is C30H34O2. The predicted octanol–water partition coefficient (Wildman–Crippen LogP) is 7.19. The Morgan fingerprint density at radius 3 is 1.53 bits per heavy atom. The molecule has 0 heterocycles. The van der Waals surface area contributed by atoms with Crippen molar-refractivity contribution < 1.29 is 9.90 Å². The summed E-state index contributed by atoms with van der Waals surface area (Å²) in [5.74, 6) is 0.0890. The Bertz CT molecular complexity index is 996. The number of unbranched alkanes of at least 4 members (excludes halogenated alkanes) is 4. The maximum atomic E-state index is 11.9. The summed E-state index contributed by atoms with van der Waals surface area (Å²) in [7, 11) is 0. The molecular weight excluding hydrogens is 392 g/mol. The lowest BCUT2D eigenvalue weighted by Gasteiger charge is -2.08. The van der Waals surface area contributed by atoms with Gasteiger partial charge in [0.1, 0.15) is 0 Å². The van der Waals surface area contributed by atoms with Crippen LogP contribution in [0, 0.1) is 0 Å². The number of hydrogen-bond acceptors (Lipinski definition) is 2. The van der Waals surface area contributed by atoms with E-state index in [1.165, 1.54) is 41.5 Å². The molecule has 0 fully saturated rings. The summed E-state index contributed by atoms with van der Waals surface area (Å²) in [6, 6.07) is 25.8. The number of aryl methyl sites for hydroxylation is 1. The number of aliphatic hydroxyl groups is 1. The Morgan fingerprint density at radius 1 is 0.656 bits per heavy atom. The molecule has 166 valence electrons. The minimum Gasteiger partial charge on any atom is -0.396 e. The molecule has 0 saturated heterocycles. The second-order valence-corrected chi connectivity index (χ2v) is 8.59. The van der Waals surface area contributed by atoms with Crippen molar-refractivity contribution in [3.63, 3.8) is 0 Å². The van der Waals surface area contributed by atoms with Gasteiger partial charge in [-0.25, -0.2) is 0 Å². The van der Waals surface area contributed by atoms with E-state index in [0.29, 0.717) is 18.6 Å². The Kier molecular flexibility index (Phi) is 9.01. The summed E-state index contributed by atoms with van der Waals surface area (Å²) in [5, 5.41) is 8.83. The van der Waals surface area contributed by atoms with Crippen molar-refractivity contribution in [2.45, 2.75) is 51.9 Å². The van der Waals surface area contributed by atoms with Crippen LogP contribution in [-0.2, 0) is 17.6 Å². The highest BCUT2D eigenvalue weighted by Gasteiger charge is 2.05. The van der Waals surface area contributed by atoms with Gasteiger partial charge in [0, 0.05) is 13.0 Å². The van der Waals surface area contributed by atoms with E-state index in [-0.39, 0.29) is 5.78 Å². The number of carbonyl (C=O) groups excluding carboxylic acids is 1. The fourth-order valence-corrected chi connectivity index (χ4v) is 3.84. The van der Waals surface area contributed by atoms with E-state index in [0.717, 1.165) is 30.4 Å². The van der Waals surface area contributed by atoms with E-state index in [4.69, 9.17) is 5.11 Å². The maximum absolute atomic E-state index is 11.9. The minimum absolute atomic E-state index is 0.0890. The number of carbonyl (C=O) groups is 1. The average molecular weight is 427 g/mol. The number of aliphatic hydroxyl groups excluding tert-OH is 1. The fraction of sp³-hybridized carbons (Fsp3) is 0.300. The molecule has 0 aliphatic carbocycles. The van der Waals surface area contributed by atoms with Gasteiger partial charge in [0.2, 0.25) is 0 Å². The molecule has 0 atom stereocenters. The van der Waals surface area contributed by atoms with Crippen LogP contribution in [-0.4, -0.2) is 17.5 Å². The van der Waals surface area contributed by atoms with E-state index in [9.17, 15) is 4.79 Å². The smallest absolute Gasteiger partial charge is 0.162 e. The van der Waals surface area contributed by atoms with Crippen molar-refractivity contribution in [1.82, 2.24) is 0 Å². The first kappa shape index (κ1) is 23.7. The zero-order chi connectivity index (χ0) is 22.8. The third-order valence-corrected chi connectivity index (χ3v) is 5.92. The van der Waals surface area contributed by atoms with E-state index >= 15 is 0 Å². The molecule has 0 amide bonds. The van der Waals surface area contributed by atoms with Crippen LogP contribution in [0.25, 0.3) is 22.3 Å². The Morgan fingerprint density at radius 2 is 1.06 bits per heavy atom. The van der Waals surface area contributed by atoms with Gasteiger partial charge in [-0.1, -0.05) is 98.6 Å². The molecule has 3 rings (SSSR count). The number of ketones is 1. The van der Waals surface area contributed by atoms with Crippen LogP contribution in [0.3, 0.4) is 0 Å². The van der Waals surface area contributed by atoms with Crippen LogP contribution in [0.2, 0.25) is 0 Å². The molecule has 2 nitrogen and oxygen atoms in total. The molecule has 0 aliphatic rings. The summed E-state index contributed by atoms with van der Waals surface area (Å²) in [6.45, 7) is 5.79. The average Bonchev–Trinajstić information content (AvgIpc) is 2.82. The van der Waals surface area contributed by atoms with Crippen molar-refractivity contribution in [2.75, 3.05) is 6.61 Å². The Labute approximate surface area is 192 Å². The lowest BCUT2D eigenvalue weighted by atomic mass is 9.97. The van der Waals surface area contributed by atoms with Crippen molar-refractivity contribution in [2.24, 2.45) is 0 Å². The number of benzene rings is 3. The third kappa shape index (κ3) is 7.03. The molecule has 3 aromatic carbocycles. The fourth-order valence-electron chi connectivity index (χ4n) is 3.84. The number of allylic oxidation sites excluding steroid dienone is 1. The summed E-state index contributed by atoms with van der Waals surface area (Å²) in [5.41, 5.74) is 7.78. The highest BCUT2D eigenvalue weighted by atomic mass is 16.2. The first-order chi connectivity index (χ1) is 15.6. The molecule has 0 aliphatic heterocycles. The van der Waals surface area contributed by atoms with Crippen LogP contribution in [0.4, 0.5) is 0 Å². The predicted molar refractivity (Wildman–Crippen MR) is 135 cm³/mol. The van der Waals surface area contributed by atoms with E-state index in [2.05, 4.69) is 67.2 Å². The molecule has 0 unspecified atom stereocenters. The van der Waals surface area contributed by atoms with Gasteiger partial charge < -0.3 is 5.11 Å². The summed E-state index contributed by atoms with van der Waals surface area (Å²) in [4.78, 5) is 11.9. The highest BCUT2D eigenvalue weighted by molar-refractivity contribution is 5.95. The topological polar surface area (TPSA) is 37.3 Å². The summed E-state index contributed by atoms with van der Waals surface area (Å²) >= 11 is 0. The zero-order valence-electron chi connectivity index (χ0n) is 19.1. The van der Waals surface area contributed by atoms with Crippen LogP contribution in [0.15, 0.2) is 84.9 Å². The molecule has 0 spiro atoms. The quantitative estimate of drug-likeness (QED) is 0.246. The highest BCUT2D eigenvalue weighted by Crippen LogP contribution is 2.26. The van der Waals surface area contributed by atoms with Crippen LogP contribution in [0.1, 0.15) is 50.2 Å². The van der Waals surface area contributed by atoms with Crippen molar-refractivity contribution in [1.29, 1.82) is 0 Å². The third-order valence-electron chi connectivity index (χ3n) is 5.92. The van der Waals surface area contributed by atoms with Gasteiger partial charge >= 0.3 is 0 Å². The van der Waals surface area contributed by atoms with Crippen molar-refractivity contribution in [3.05, 3.63) is 96.1 Å². The van der Waals surface area contributed by atoms with Gasteiger partial charge in [-0.2, -0.15) is 0 Å². The van der Waals surface area contributed by atoms with Gasteiger partial charge in [0.25, 0.3) is 0 Å². The molecule has 0 saturated carbocycles. The van der Waals surface area contributed by atoms with E-state index in [1.54, 1.807) is 6.92 Å². The lowest BCUT2D eigenvalue weighted by molar-refractivity contribution is -0.114. The van der Waals surface area contributed by atoms with E-state index < -0.39 is 0 Å². The first-order valence-corrected chi connectivity index (χ1v) is 11.6. The van der Waals surface area contributed by atoms with Crippen LogP contribution >= 0.6 is 0 Å². The Balaban J connectivity index is 1.56. The number of Topliss-reactive ketones (excluding diaryl/α,β-unsaturated/α-hetero) is 1. The summed E-state index contributed by atoms with van der Waals surface area (Å²) in [6.07, 6.45) is 7.23. The molecule has 1 N–H and O–H groups in total. The molecule has 2 heteroatoms. The number of hydrogen-bond donors (Lipinski definition) is 1. The van der Waals surface area contributed by atoms with E-state index in [1.807, 2.05) is 12.1 Å². The largest absolute Gasteiger partial charge is 0.396 e. The van der Waals surface area contributed by atoms with Gasteiger partial charge in [-0.3, -0.25) is 4.79 Å². The number of rotatable bonds is 12. The first-order valence-electron chi connectivity index (χ1n) is 11.6. The van der Waals surface area contributed by atoms with Crippen LogP contribution < -0.4 is 0 Å². The zero-order valence-corrected chi connectivity index (χ0v) is 19.1. The molecule has 0 radical (unpaired) electrons. The molecule has 0 bridgehead atoms. The molecule has 3 aromatic rings. The van der Waals surface area contributed by atoms with Crippen molar-refractivity contribution in [3.8, 4) is 22.3 Å².